The lowest BCUT2D eigenvalue weighted by Gasteiger charge is -2.08. The summed E-state index contributed by atoms with van der Waals surface area (Å²) in [5.41, 5.74) is 8.84. The van der Waals surface area contributed by atoms with Crippen molar-refractivity contribution in [3.8, 4) is 11.6 Å². The molecule has 140 valence electrons. The molecule has 0 atom stereocenters. The number of nitrogens with two attached hydrogens (primary N) is 1. The van der Waals surface area contributed by atoms with Gasteiger partial charge in [-0.1, -0.05) is 0 Å². The van der Waals surface area contributed by atoms with E-state index in [1.807, 2.05) is 17.6 Å². The molecule has 3 aromatic rings. The number of fused-ring (bicyclic) bond motifs is 1. The van der Waals surface area contributed by atoms with Gasteiger partial charge in [0.1, 0.15) is 11.4 Å². The second-order valence-electron chi connectivity index (χ2n) is 5.44. The second-order valence-corrected chi connectivity index (χ2v) is 5.44. The van der Waals surface area contributed by atoms with Crippen molar-refractivity contribution in [2.45, 2.75) is 13.5 Å². The van der Waals surface area contributed by atoms with Gasteiger partial charge in [-0.05, 0) is 31.2 Å². The number of carbonyl (C=O) groups is 2. The molecule has 10 heteroatoms. The molecule has 2 heterocycles. The summed E-state index contributed by atoms with van der Waals surface area (Å²) in [6, 6.07) is 8.03. The number of rotatable bonds is 6. The Labute approximate surface area is 154 Å². The molecular formula is C17H18N6O4. The van der Waals surface area contributed by atoms with E-state index in [1.54, 1.807) is 24.3 Å². The van der Waals surface area contributed by atoms with Crippen molar-refractivity contribution in [2.24, 2.45) is 5.73 Å². The quantitative estimate of drug-likeness (QED) is 0.569. The lowest BCUT2D eigenvalue weighted by molar-refractivity contribution is 0.0992. The van der Waals surface area contributed by atoms with Crippen molar-refractivity contribution >= 4 is 28.8 Å². The molecule has 0 unspecified atom stereocenters. The van der Waals surface area contributed by atoms with Crippen LogP contribution < -0.4 is 21.3 Å². The highest BCUT2D eigenvalue weighted by Gasteiger charge is 2.13. The number of aromatic nitrogens is 3. The van der Waals surface area contributed by atoms with E-state index in [-0.39, 0.29) is 11.8 Å². The van der Waals surface area contributed by atoms with Crippen LogP contribution in [0.25, 0.3) is 10.9 Å². The summed E-state index contributed by atoms with van der Waals surface area (Å²) < 4.78 is 7.57. The van der Waals surface area contributed by atoms with Crippen molar-refractivity contribution < 1.29 is 19.2 Å². The third-order valence-electron chi connectivity index (χ3n) is 3.71. The number of hydroxylamine groups is 1. The Balaban J connectivity index is 1.84. The highest BCUT2D eigenvalue weighted by Crippen LogP contribution is 2.27. The summed E-state index contributed by atoms with van der Waals surface area (Å²) >= 11 is 0. The van der Waals surface area contributed by atoms with Crippen LogP contribution in [-0.4, -0.2) is 33.6 Å². The molecule has 0 spiro atoms. The fourth-order valence-electron chi connectivity index (χ4n) is 2.66. The first kappa shape index (κ1) is 18.1. The molecule has 3 rings (SSSR count). The zero-order valence-electron chi connectivity index (χ0n) is 14.7. The van der Waals surface area contributed by atoms with Crippen molar-refractivity contribution in [3.63, 3.8) is 0 Å². The lowest BCUT2D eigenvalue weighted by atomic mass is 10.2. The summed E-state index contributed by atoms with van der Waals surface area (Å²) in [6.07, 6.45) is 1.45. The Kier molecular flexibility index (Phi) is 5.18. The van der Waals surface area contributed by atoms with Crippen LogP contribution in [0.5, 0.6) is 11.6 Å². The first-order valence-electron chi connectivity index (χ1n) is 8.05. The van der Waals surface area contributed by atoms with Crippen LogP contribution in [0, 0.1) is 0 Å². The Morgan fingerprint density at radius 3 is 2.78 bits per heavy atom. The maximum absolute atomic E-state index is 11.6. The molecule has 3 amide bonds. The van der Waals surface area contributed by atoms with Gasteiger partial charge in [-0.15, -0.1) is 0 Å². The van der Waals surface area contributed by atoms with Crippen LogP contribution in [0.15, 0.2) is 36.5 Å². The van der Waals surface area contributed by atoms with Crippen molar-refractivity contribution in [1.29, 1.82) is 0 Å². The fourth-order valence-corrected chi connectivity index (χ4v) is 2.66. The molecule has 4 N–H and O–H groups in total. The molecule has 0 aliphatic heterocycles. The predicted octanol–water partition coefficient (Wildman–Crippen LogP) is 2.03. The third-order valence-corrected chi connectivity index (χ3v) is 3.71. The van der Waals surface area contributed by atoms with Gasteiger partial charge in [0.2, 0.25) is 11.8 Å². The van der Waals surface area contributed by atoms with E-state index in [4.69, 9.17) is 10.5 Å². The summed E-state index contributed by atoms with van der Waals surface area (Å²) in [6.45, 7) is 2.55. The minimum atomic E-state index is -0.615. The molecular weight excluding hydrogens is 352 g/mol. The minimum Gasteiger partial charge on any atom is -0.439 e. The smallest absolute Gasteiger partial charge is 0.345 e. The number of amides is 3. The maximum Gasteiger partial charge on any atom is 0.345 e. The van der Waals surface area contributed by atoms with Gasteiger partial charge in [0, 0.05) is 29.7 Å². The summed E-state index contributed by atoms with van der Waals surface area (Å²) in [5, 5.41) is 3.21. The summed E-state index contributed by atoms with van der Waals surface area (Å²) in [4.78, 5) is 35.6. The second kappa shape index (κ2) is 7.70. The molecule has 0 aliphatic carbocycles. The number of urea groups is 1. The van der Waals surface area contributed by atoms with Gasteiger partial charge in [-0.3, -0.25) is 14.9 Å². The number of ether oxygens (including phenoxy) is 1. The van der Waals surface area contributed by atoms with Crippen LogP contribution in [0.3, 0.4) is 0 Å². The van der Waals surface area contributed by atoms with Gasteiger partial charge < -0.3 is 15.0 Å². The van der Waals surface area contributed by atoms with E-state index in [9.17, 15) is 9.59 Å². The van der Waals surface area contributed by atoms with E-state index >= 15 is 0 Å². The Morgan fingerprint density at radius 1 is 1.26 bits per heavy atom. The Bertz CT molecular complexity index is 1000. The maximum atomic E-state index is 11.6. The highest BCUT2D eigenvalue weighted by molar-refractivity contribution is 5.98. The normalized spacial score (nSPS) is 10.6. The first-order chi connectivity index (χ1) is 13.0. The Hall–Kier alpha value is -3.66. The van der Waals surface area contributed by atoms with Gasteiger partial charge >= 0.3 is 6.03 Å². The molecule has 27 heavy (non-hydrogen) atoms. The average Bonchev–Trinajstić information content (AvgIpc) is 3.00. The number of anilines is 1. The Morgan fingerprint density at radius 2 is 2.07 bits per heavy atom. The van der Waals surface area contributed by atoms with Crippen molar-refractivity contribution in [2.75, 3.05) is 12.4 Å². The minimum absolute atomic E-state index is 0.0521. The number of aryl methyl sites for hydroxylation is 1. The van der Waals surface area contributed by atoms with Crippen molar-refractivity contribution in [1.82, 2.24) is 20.0 Å². The van der Waals surface area contributed by atoms with Crippen LogP contribution in [0.2, 0.25) is 0 Å². The topological polar surface area (TPSA) is 133 Å². The number of hydrogen-bond acceptors (Lipinski definition) is 6. The zero-order valence-corrected chi connectivity index (χ0v) is 14.7. The average molecular weight is 370 g/mol. The van der Waals surface area contributed by atoms with E-state index < -0.39 is 11.9 Å². The van der Waals surface area contributed by atoms with Gasteiger partial charge in [0.25, 0.3) is 5.91 Å². The van der Waals surface area contributed by atoms with Crippen LogP contribution in [-0.2, 0) is 11.4 Å². The number of carbonyl (C=O) groups excluding carboxylic acids is 2. The van der Waals surface area contributed by atoms with Crippen molar-refractivity contribution in [3.05, 3.63) is 42.2 Å². The molecule has 2 aromatic heterocycles. The fraction of sp³-hybridized carbons (Fsp3) is 0.176. The third kappa shape index (κ3) is 3.96. The molecule has 0 bridgehead atoms. The number of nitrogens with zero attached hydrogens (tertiary/aromatic N) is 3. The summed E-state index contributed by atoms with van der Waals surface area (Å²) in [5.74, 6) is 0.313. The molecule has 0 saturated carbocycles. The van der Waals surface area contributed by atoms with E-state index in [0.29, 0.717) is 18.0 Å². The van der Waals surface area contributed by atoms with Crippen LogP contribution in [0.4, 0.5) is 10.7 Å². The highest BCUT2D eigenvalue weighted by atomic mass is 16.6. The molecule has 0 aliphatic rings. The molecule has 0 saturated heterocycles. The van der Waals surface area contributed by atoms with E-state index in [0.717, 1.165) is 10.9 Å². The van der Waals surface area contributed by atoms with Crippen LogP contribution >= 0.6 is 0 Å². The molecule has 1 aromatic carbocycles. The number of primary amides is 1. The SMILES string of the molecule is CCn1c(C(N)=O)cc2cc(Oc3ccnc(NC(=O)NOC)n3)ccc21. The van der Waals surface area contributed by atoms with E-state index in [2.05, 4.69) is 25.6 Å². The van der Waals surface area contributed by atoms with Gasteiger partial charge in [0.05, 0.1) is 7.11 Å². The molecule has 0 fully saturated rings. The largest absolute Gasteiger partial charge is 0.439 e. The monoisotopic (exact) mass is 370 g/mol. The zero-order chi connectivity index (χ0) is 19.4. The number of benzene rings is 1. The predicted molar refractivity (Wildman–Crippen MR) is 97.4 cm³/mol. The number of nitrogens with one attached hydrogen (secondary N) is 2. The standard InChI is InChI=1S/C17H18N6O4/c1-3-23-12-5-4-11(8-10(12)9-13(23)15(18)24)27-14-6-7-19-16(20-14)21-17(25)22-26-2/h4-9H,3H2,1-2H3,(H2,18,24)(H2,19,20,21,22,25). The van der Waals surface area contributed by atoms with Crippen LogP contribution in [0.1, 0.15) is 17.4 Å². The number of hydrogen-bond donors (Lipinski definition) is 3. The molecule has 10 nitrogen and oxygen atoms in total. The summed E-state index contributed by atoms with van der Waals surface area (Å²) in [7, 11) is 1.31. The van der Waals surface area contributed by atoms with Gasteiger partial charge in [-0.2, -0.15) is 4.98 Å². The van der Waals surface area contributed by atoms with E-state index in [1.165, 1.54) is 13.3 Å². The molecule has 0 radical (unpaired) electrons. The van der Waals surface area contributed by atoms with Gasteiger partial charge in [-0.25, -0.2) is 15.3 Å². The first-order valence-corrected chi connectivity index (χ1v) is 8.05. The lowest BCUT2D eigenvalue weighted by Crippen LogP contribution is -2.28. The van der Waals surface area contributed by atoms with Gasteiger partial charge in [0.15, 0.2) is 0 Å².